The predicted octanol–water partition coefficient (Wildman–Crippen LogP) is 3.29. The maximum absolute atomic E-state index is 12.4. The van der Waals surface area contributed by atoms with Gasteiger partial charge in [-0.3, -0.25) is 9.59 Å². The molecule has 23 heavy (non-hydrogen) atoms. The van der Waals surface area contributed by atoms with Gasteiger partial charge >= 0.3 is 0 Å². The third-order valence-electron chi connectivity index (χ3n) is 3.71. The molecule has 0 saturated carbocycles. The van der Waals surface area contributed by atoms with Crippen molar-refractivity contribution in [3.63, 3.8) is 0 Å². The van der Waals surface area contributed by atoms with E-state index in [0.717, 1.165) is 0 Å². The van der Waals surface area contributed by atoms with Crippen LogP contribution in [-0.4, -0.2) is 47.8 Å². The number of carbonyl (C=O) groups is 2. The van der Waals surface area contributed by atoms with E-state index in [1.807, 2.05) is 0 Å². The minimum atomic E-state index is -0.162. The maximum atomic E-state index is 12.4. The van der Waals surface area contributed by atoms with Crippen molar-refractivity contribution in [2.75, 3.05) is 26.2 Å². The van der Waals surface area contributed by atoms with Crippen LogP contribution in [0.2, 0.25) is 5.02 Å². The van der Waals surface area contributed by atoms with Crippen molar-refractivity contribution in [1.29, 1.82) is 0 Å². The molecule has 1 aromatic heterocycles. The minimum absolute atomic E-state index is 0.0691. The number of carbonyl (C=O) groups excluding carboxylic acids is 2. The van der Waals surface area contributed by atoms with Gasteiger partial charge in [-0.2, -0.15) is 0 Å². The molecule has 5 nitrogen and oxygen atoms in total. The van der Waals surface area contributed by atoms with Gasteiger partial charge < -0.3 is 14.2 Å². The zero-order chi connectivity index (χ0) is 16.4. The average molecular weight is 398 g/mol. The molecule has 2 aromatic rings. The molecule has 3 rings (SSSR count). The zero-order valence-corrected chi connectivity index (χ0v) is 14.5. The molecule has 0 atom stereocenters. The molecule has 0 bridgehead atoms. The van der Waals surface area contributed by atoms with Crippen molar-refractivity contribution in [1.82, 2.24) is 9.80 Å². The number of furan rings is 1. The lowest BCUT2D eigenvalue weighted by Crippen LogP contribution is -2.50. The molecule has 0 aliphatic carbocycles. The highest BCUT2D eigenvalue weighted by atomic mass is 79.9. The van der Waals surface area contributed by atoms with Gasteiger partial charge in [0.05, 0.1) is 0 Å². The van der Waals surface area contributed by atoms with Gasteiger partial charge in [-0.05, 0) is 46.3 Å². The van der Waals surface area contributed by atoms with Crippen LogP contribution in [0.15, 0.2) is 45.5 Å². The first-order chi connectivity index (χ1) is 11.0. The number of benzene rings is 1. The molecule has 1 saturated heterocycles. The Hall–Kier alpha value is -1.79. The topological polar surface area (TPSA) is 53.8 Å². The summed E-state index contributed by atoms with van der Waals surface area (Å²) in [6.45, 7) is 1.92. The lowest BCUT2D eigenvalue weighted by molar-refractivity contribution is 0.0517. The molecule has 2 heterocycles. The van der Waals surface area contributed by atoms with Gasteiger partial charge in [0.1, 0.15) is 0 Å². The maximum Gasteiger partial charge on any atom is 0.289 e. The van der Waals surface area contributed by atoms with E-state index in [4.69, 9.17) is 16.0 Å². The second-order valence-corrected chi connectivity index (χ2v) is 6.42. The first-order valence-electron chi connectivity index (χ1n) is 7.14. The summed E-state index contributed by atoms with van der Waals surface area (Å²) in [7, 11) is 0. The van der Waals surface area contributed by atoms with Crippen LogP contribution in [0.1, 0.15) is 20.9 Å². The van der Waals surface area contributed by atoms with E-state index in [2.05, 4.69) is 15.9 Å². The van der Waals surface area contributed by atoms with E-state index < -0.39 is 0 Å². The molecule has 0 spiro atoms. The summed E-state index contributed by atoms with van der Waals surface area (Å²) in [6.07, 6.45) is 0. The third kappa shape index (κ3) is 3.59. The molecule has 1 aromatic carbocycles. The van der Waals surface area contributed by atoms with E-state index in [1.165, 1.54) is 0 Å². The van der Waals surface area contributed by atoms with Gasteiger partial charge in [-0.25, -0.2) is 0 Å². The molecule has 1 fully saturated rings. The van der Waals surface area contributed by atoms with E-state index in [0.29, 0.717) is 47.2 Å². The summed E-state index contributed by atoms with van der Waals surface area (Å²) in [6, 6.07) is 10.2. The zero-order valence-electron chi connectivity index (χ0n) is 12.2. The van der Waals surface area contributed by atoms with Crippen LogP contribution in [0.25, 0.3) is 0 Å². The summed E-state index contributed by atoms with van der Waals surface area (Å²) in [5, 5.41) is 0.535. The van der Waals surface area contributed by atoms with Crippen LogP contribution >= 0.6 is 27.5 Å². The normalized spacial score (nSPS) is 14.9. The molecule has 0 N–H and O–H groups in total. The second-order valence-electron chi connectivity index (χ2n) is 5.20. The standard InChI is InChI=1S/C16H14BrClN2O3/c17-14-5-4-13(23-14)16(22)20-8-6-19(7-9-20)15(21)11-2-1-3-12(18)10-11/h1-5,10H,6-9H2. The van der Waals surface area contributed by atoms with Gasteiger partial charge in [0.15, 0.2) is 10.4 Å². The number of hydrogen-bond acceptors (Lipinski definition) is 3. The largest absolute Gasteiger partial charge is 0.444 e. The fourth-order valence-electron chi connectivity index (χ4n) is 2.50. The summed E-state index contributed by atoms with van der Waals surface area (Å²) < 4.78 is 5.81. The van der Waals surface area contributed by atoms with Crippen molar-refractivity contribution in [3.8, 4) is 0 Å². The third-order valence-corrected chi connectivity index (χ3v) is 4.37. The van der Waals surface area contributed by atoms with Gasteiger partial charge in [0.2, 0.25) is 0 Å². The predicted molar refractivity (Wildman–Crippen MR) is 89.7 cm³/mol. The number of halogens is 2. The molecule has 1 aliphatic heterocycles. The van der Waals surface area contributed by atoms with Crippen molar-refractivity contribution in [2.24, 2.45) is 0 Å². The number of amides is 2. The SMILES string of the molecule is O=C(c1cccc(Cl)c1)N1CCN(C(=O)c2ccc(Br)o2)CC1. The van der Waals surface area contributed by atoms with Gasteiger partial charge in [-0.1, -0.05) is 17.7 Å². The first-order valence-corrected chi connectivity index (χ1v) is 8.31. The molecule has 0 unspecified atom stereocenters. The molecule has 7 heteroatoms. The van der Waals surface area contributed by atoms with Crippen LogP contribution in [0, 0.1) is 0 Å². The highest BCUT2D eigenvalue weighted by molar-refractivity contribution is 9.10. The second kappa shape index (κ2) is 6.76. The quantitative estimate of drug-likeness (QED) is 0.781. The Morgan fingerprint density at radius 2 is 1.65 bits per heavy atom. The average Bonchev–Trinajstić information content (AvgIpc) is 3.00. The van der Waals surface area contributed by atoms with Gasteiger partial charge in [-0.15, -0.1) is 0 Å². The molecular formula is C16H14BrClN2O3. The lowest BCUT2D eigenvalue weighted by Gasteiger charge is -2.34. The Kier molecular flexibility index (Phi) is 4.73. The van der Waals surface area contributed by atoms with Crippen molar-refractivity contribution in [2.45, 2.75) is 0 Å². The first kappa shape index (κ1) is 16.1. The smallest absolute Gasteiger partial charge is 0.289 e. The molecular weight excluding hydrogens is 384 g/mol. The van der Waals surface area contributed by atoms with E-state index >= 15 is 0 Å². The molecule has 120 valence electrons. The minimum Gasteiger partial charge on any atom is -0.444 e. The molecule has 1 aliphatic rings. The van der Waals surface area contributed by atoms with Crippen molar-refractivity contribution in [3.05, 3.63) is 57.4 Å². The van der Waals surface area contributed by atoms with Gasteiger partial charge in [0, 0.05) is 36.8 Å². The van der Waals surface area contributed by atoms with Crippen molar-refractivity contribution < 1.29 is 14.0 Å². The van der Waals surface area contributed by atoms with Crippen LogP contribution in [-0.2, 0) is 0 Å². The van der Waals surface area contributed by atoms with Gasteiger partial charge in [0.25, 0.3) is 11.8 Å². The van der Waals surface area contributed by atoms with Crippen LogP contribution in [0.4, 0.5) is 0 Å². The Balaban J connectivity index is 1.62. The fourth-order valence-corrected chi connectivity index (χ4v) is 3.00. The summed E-state index contributed by atoms with van der Waals surface area (Å²) >= 11 is 9.11. The van der Waals surface area contributed by atoms with E-state index in [-0.39, 0.29) is 11.8 Å². The highest BCUT2D eigenvalue weighted by Gasteiger charge is 2.26. The summed E-state index contributed by atoms with van der Waals surface area (Å²) in [5.74, 6) is 0.0670. The van der Waals surface area contributed by atoms with E-state index in [9.17, 15) is 9.59 Å². The Bertz CT molecular complexity index is 738. The number of rotatable bonds is 2. The number of piperazine rings is 1. The molecule has 0 radical (unpaired) electrons. The fraction of sp³-hybridized carbons (Fsp3) is 0.250. The Labute approximate surface area is 146 Å². The number of nitrogens with zero attached hydrogens (tertiary/aromatic N) is 2. The Morgan fingerprint density at radius 3 is 2.22 bits per heavy atom. The monoisotopic (exact) mass is 396 g/mol. The Morgan fingerprint density at radius 1 is 1.00 bits per heavy atom. The lowest BCUT2D eigenvalue weighted by atomic mass is 10.2. The highest BCUT2D eigenvalue weighted by Crippen LogP contribution is 2.18. The van der Waals surface area contributed by atoms with Crippen LogP contribution in [0.3, 0.4) is 0 Å². The molecule has 2 amide bonds. The van der Waals surface area contributed by atoms with E-state index in [1.54, 1.807) is 46.2 Å². The summed E-state index contributed by atoms with van der Waals surface area (Å²) in [4.78, 5) is 28.2. The number of hydrogen-bond donors (Lipinski definition) is 0. The van der Waals surface area contributed by atoms with Crippen LogP contribution in [0.5, 0.6) is 0 Å². The summed E-state index contributed by atoms with van der Waals surface area (Å²) in [5.41, 5.74) is 0.562. The van der Waals surface area contributed by atoms with Crippen LogP contribution < -0.4 is 0 Å². The van der Waals surface area contributed by atoms with Crippen molar-refractivity contribution >= 4 is 39.3 Å².